The van der Waals surface area contributed by atoms with Crippen molar-refractivity contribution in [3.05, 3.63) is 48.6 Å². The molecule has 0 radical (unpaired) electrons. The van der Waals surface area contributed by atoms with Gasteiger partial charge in [0.15, 0.2) is 0 Å². The molecule has 17 nitrogen and oxygen atoms in total. The third-order valence-electron chi connectivity index (χ3n) is 11.4. The Morgan fingerprint density at radius 3 is 2.11 bits per heavy atom. The molecule has 0 spiro atoms. The Bertz CT molecular complexity index is 2210. The highest BCUT2D eigenvalue weighted by atomic mass is 16.5. The number of aromatic hydroxyl groups is 1. The van der Waals surface area contributed by atoms with Gasteiger partial charge in [-0.3, -0.25) is 33.3 Å². The number of nitrogens with zero attached hydrogens (tertiary/aromatic N) is 6. The third-order valence-corrected chi connectivity index (χ3v) is 11.4. The van der Waals surface area contributed by atoms with E-state index in [2.05, 4.69) is 31.5 Å². The molecule has 1 aromatic heterocycles. The fourth-order valence-electron chi connectivity index (χ4n) is 8.16. The molecule has 2 aliphatic heterocycles. The molecular weight excluding hydrogens is 791 g/mol. The van der Waals surface area contributed by atoms with E-state index in [4.69, 9.17) is 9.73 Å². The topological polar surface area (TPSA) is 190 Å². The number of aromatic nitrogens is 2. The molecule has 344 valence electrons. The van der Waals surface area contributed by atoms with Crippen LogP contribution in [-0.4, -0.2) is 168 Å². The van der Waals surface area contributed by atoms with E-state index in [9.17, 15) is 24.3 Å². The maximum absolute atomic E-state index is 14.5. The molecule has 0 amide bonds. The molecule has 1 saturated heterocycles. The Labute approximate surface area is 365 Å². The van der Waals surface area contributed by atoms with Crippen molar-refractivity contribution in [3.8, 4) is 17.0 Å². The second kappa shape index (κ2) is 24.6. The molecule has 3 heterocycles. The molecule has 17 heteroatoms. The molecule has 1 unspecified atom stereocenters. The second-order valence-corrected chi connectivity index (χ2v) is 17.4. The fourth-order valence-corrected chi connectivity index (χ4v) is 8.16. The molecule has 3 aliphatic rings. The number of hydrogen-bond donors (Lipinski definition) is 6. The molecule has 62 heavy (non-hydrogen) atoms. The van der Waals surface area contributed by atoms with Crippen LogP contribution in [0.3, 0.4) is 0 Å². The highest BCUT2D eigenvalue weighted by molar-refractivity contribution is 6.18. The van der Waals surface area contributed by atoms with Crippen molar-refractivity contribution >= 4 is 33.2 Å². The van der Waals surface area contributed by atoms with Gasteiger partial charge in [-0.1, -0.05) is 6.42 Å². The Balaban J connectivity index is 1.40. The number of rotatable bonds is 21. The SMILES string of the molecule is CN(C)CCCN=c1cc2c(=O)n(CCCN(C)C)c(=O)c3c(NCCCCCC(=O)OCC4CNCCNCCCNCCN4)cc4c(O)n(CCCN(C)C)c(=O)c1c4c3-2. The minimum absolute atomic E-state index is 0.0198. The van der Waals surface area contributed by atoms with Crippen LogP contribution in [0.1, 0.15) is 51.4 Å². The second-order valence-electron chi connectivity index (χ2n) is 17.4. The largest absolute Gasteiger partial charge is 0.494 e. The van der Waals surface area contributed by atoms with Crippen LogP contribution in [0.5, 0.6) is 5.88 Å². The van der Waals surface area contributed by atoms with E-state index in [1.54, 1.807) is 12.1 Å². The number of unbranched alkanes of at least 4 members (excludes halogenated alkanes) is 2. The Hall–Kier alpha value is -4.23. The first-order valence-corrected chi connectivity index (χ1v) is 22.7. The summed E-state index contributed by atoms with van der Waals surface area (Å²) < 4.78 is 8.39. The quantitative estimate of drug-likeness (QED) is 0.0392. The van der Waals surface area contributed by atoms with E-state index in [0.29, 0.717) is 115 Å². The lowest BCUT2D eigenvalue weighted by atomic mass is 9.89. The summed E-state index contributed by atoms with van der Waals surface area (Å²) in [5, 5.41) is 30.9. The van der Waals surface area contributed by atoms with Gasteiger partial charge in [0.2, 0.25) is 5.88 Å². The summed E-state index contributed by atoms with van der Waals surface area (Å²) in [6, 6.07) is 3.45. The fraction of sp³-hybridized carbons (Fsp3) is 0.667. The minimum atomic E-state index is -0.435. The zero-order valence-electron chi connectivity index (χ0n) is 38.2. The van der Waals surface area contributed by atoms with Gasteiger partial charge in [-0.05, 0) is 126 Å². The van der Waals surface area contributed by atoms with Crippen LogP contribution in [0.2, 0.25) is 0 Å². The van der Waals surface area contributed by atoms with Crippen molar-refractivity contribution < 1.29 is 14.6 Å². The van der Waals surface area contributed by atoms with Gasteiger partial charge in [0.1, 0.15) is 6.61 Å². The number of carbonyl (C=O) groups excluding carboxylic acids is 1. The van der Waals surface area contributed by atoms with Crippen molar-refractivity contribution in [2.24, 2.45) is 4.99 Å². The standard InChI is InChI=1S/C45H73N11O6/c1-52(2)23-11-18-51-36-29-34-38-39-33(42(58)56(45(61)41(36)39)27-13-25-54(5)6)28-35(40(38)44(60)55(43(34)59)26-12-24-53(3)4)50-17-9-7-8-14-37(57)62-31-32-30-48-20-19-46-15-10-16-47-21-22-49-32/h28-29,32,46-50,58H,7-27,30-31H2,1-6H3. The van der Waals surface area contributed by atoms with Crippen LogP contribution in [0, 0.1) is 0 Å². The highest BCUT2D eigenvalue weighted by Crippen LogP contribution is 2.40. The number of anilines is 1. The number of nitrogens with one attached hydrogen (secondary N) is 5. The summed E-state index contributed by atoms with van der Waals surface area (Å²) in [4.78, 5) is 67.1. The number of ether oxygens (including phenoxy) is 1. The lowest BCUT2D eigenvalue weighted by molar-refractivity contribution is -0.144. The Kier molecular flexibility index (Phi) is 19.3. The van der Waals surface area contributed by atoms with Crippen LogP contribution in [-0.2, 0) is 22.6 Å². The number of benzene rings is 2. The smallest absolute Gasteiger partial charge is 0.305 e. The van der Waals surface area contributed by atoms with Gasteiger partial charge in [-0.15, -0.1) is 0 Å². The third kappa shape index (κ3) is 13.4. The van der Waals surface area contributed by atoms with Gasteiger partial charge in [0.25, 0.3) is 16.7 Å². The molecule has 1 aliphatic carbocycles. The van der Waals surface area contributed by atoms with E-state index in [0.717, 1.165) is 65.1 Å². The van der Waals surface area contributed by atoms with E-state index in [-0.39, 0.29) is 31.0 Å². The van der Waals surface area contributed by atoms with Gasteiger partial charge in [-0.2, -0.15) is 0 Å². The Morgan fingerprint density at radius 2 is 1.40 bits per heavy atom. The van der Waals surface area contributed by atoms with Gasteiger partial charge in [0, 0.05) is 87.3 Å². The van der Waals surface area contributed by atoms with Crippen molar-refractivity contribution in [3.63, 3.8) is 0 Å². The van der Waals surface area contributed by atoms with E-state index < -0.39 is 16.7 Å². The number of hydrogen-bond acceptors (Lipinski definition) is 15. The first kappa shape index (κ1) is 48.8. The zero-order chi connectivity index (χ0) is 44.6. The minimum Gasteiger partial charge on any atom is -0.494 e. The van der Waals surface area contributed by atoms with Crippen molar-refractivity contribution in [2.45, 2.75) is 70.5 Å². The number of carbonyl (C=O) groups is 1. The maximum Gasteiger partial charge on any atom is 0.305 e. The molecule has 0 bridgehead atoms. The van der Waals surface area contributed by atoms with Crippen LogP contribution in [0.4, 0.5) is 5.69 Å². The van der Waals surface area contributed by atoms with Crippen LogP contribution < -0.4 is 48.6 Å². The number of pyridine rings is 2. The summed E-state index contributed by atoms with van der Waals surface area (Å²) in [6.45, 7) is 9.97. The van der Waals surface area contributed by atoms with Gasteiger partial charge >= 0.3 is 5.97 Å². The number of esters is 1. The first-order valence-electron chi connectivity index (χ1n) is 22.7. The van der Waals surface area contributed by atoms with Gasteiger partial charge < -0.3 is 51.1 Å². The monoisotopic (exact) mass is 864 g/mol. The van der Waals surface area contributed by atoms with Crippen molar-refractivity contribution in [1.82, 2.24) is 45.1 Å². The molecule has 6 N–H and O–H groups in total. The van der Waals surface area contributed by atoms with E-state index >= 15 is 0 Å². The summed E-state index contributed by atoms with van der Waals surface area (Å²) in [7, 11) is 11.8. The van der Waals surface area contributed by atoms with Gasteiger partial charge in [0.05, 0.1) is 27.7 Å². The molecule has 5 rings (SSSR count). The lowest BCUT2D eigenvalue weighted by Crippen LogP contribution is -2.45. The average Bonchev–Trinajstić information content (AvgIpc) is 3.25. The molecule has 0 saturated carbocycles. The molecular formula is C45H73N11O6. The molecule has 2 aromatic rings. The summed E-state index contributed by atoms with van der Waals surface area (Å²) in [6.07, 6.45) is 5.41. The highest BCUT2D eigenvalue weighted by Gasteiger charge is 2.29. The predicted molar refractivity (Wildman–Crippen MR) is 250 cm³/mol. The maximum atomic E-state index is 14.5. The molecule has 1 aromatic carbocycles. The van der Waals surface area contributed by atoms with Crippen molar-refractivity contribution in [1.29, 1.82) is 0 Å². The zero-order valence-corrected chi connectivity index (χ0v) is 38.2. The van der Waals surface area contributed by atoms with E-state index in [1.165, 1.54) is 9.13 Å². The molecule has 1 fully saturated rings. The molecule has 1 atom stereocenters. The normalized spacial score (nSPS) is 16.5. The van der Waals surface area contributed by atoms with Crippen molar-refractivity contribution in [2.75, 3.05) is 133 Å². The van der Waals surface area contributed by atoms with Crippen LogP contribution in [0.15, 0.2) is 31.5 Å². The summed E-state index contributed by atoms with van der Waals surface area (Å²) in [5.74, 6) is -0.433. The summed E-state index contributed by atoms with van der Waals surface area (Å²) in [5.41, 5.74) is -0.114. The van der Waals surface area contributed by atoms with E-state index in [1.807, 2.05) is 52.1 Å². The van der Waals surface area contributed by atoms with Gasteiger partial charge in [-0.25, -0.2) is 0 Å². The summed E-state index contributed by atoms with van der Waals surface area (Å²) >= 11 is 0. The average molecular weight is 864 g/mol. The van der Waals surface area contributed by atoms with Crippen LogP contribution >= 0.6 is 0 Å². The predicted octanol–water partition coefficient (Wildman–Crippen LogP) is 0.765. The first-order chi connectivity index (χ1) is 29.9. The Morgan fingerprint density at radius 1 is 0.758 bits per heavy atom. The lowest BCUT2D eigenvalue weighted by Gasteiger charge is -2.22. The van der Waals surface area contributed by atoms with Crippen LogP contribution in [0.25, 0.3) is 32.7 Å².